The standard InChI is InChI=1S/C13H8FNO3S/c1-15-9-6-7(5-8(14)12(9)18-2)10-3-4-11(19-10)13(16)17/h3-6H,2H3,(H,16,17). The van der Waals surface area contributed by atoms with Gasteiger partial charge in [-0.05, 0) is 29.8 Å². The van der Waals surface area contributed by atoms with Crippen LogP contribution < -0.4 is 4.74 Å². The van der Waals surface area contributed by atoms with Crippen molar-refractivity contribution in [1.82, 2.24) is 0 Å². The number of carboxylic acid groups (broad SMARTS) is 1. The lowest BCUT2D eigenvalue weighted by Crippen LogP contribution is -1.90. The summed E-state index contributed by atoms with van der Waals surface area (Å²) in [4.78, 5) is 14.8. The summed E-state index contributed by atoms with van der Waals surface area (Å²) in [7, 11) is 1.29. The molecule has 2 aromatic rings. The topological polar surface area (TPSA) is 50.9 Å². The van der Waals surface area contributed by atoms with Crippen LogP contribution in [-0.4, -0.2) is 18.2 Å². The van der Waals surface area contributed by atoms with E-state index in [4.69, 9.17) is 16.4 Å². The molecule has 0 spiro atoms. The average molecular weight is 277 g/mol. The Morgan fingerprint density at radius 3 is 2.74 bits per heavy atom. The molecule has 0 bridgehead atoms. The Kier molecular flexibility index (Phi) is 3.49. The molecule has 1 aromatic carbocycles. The number of hydrogen-bond acceptors (Lipinski definition) is 3. The van der Waals surface area contributed by atoms with E-state index in [0.29, 0.717) is 10.4 Å². The molecular weight excluding hydrogens is 269 g/mol. The SMILES string of the molecule is [C-]#[N+]c1cc(-c2ccc(C(=O)O)s2)cc(F)c1OC. The predicted molar refractivity (Wildman–Crippen MR) is 69.5 cm³/mol. The van der Waals surface area contributed by atoms with Crippen LogP contribution in [0.25, 0.3) is 15.3 Å². The summed E-state index contributed by atoms with van der Waals surface area (Å²) in [5, 5.41) is 8.85. The quantitative estimate of drug-likeness (QED) is 0.868. The highest BCUT2D eigenvalue weighted by atomic mass is 32.1. The van der Waals surface area contributed by atoms with E-state index in [2.05, 4.69) is 4.85 Å². The minimum atomic E-state index is -1.03. The molecule has 0 aliphatic rings. The van der Waals surface area contributed by atoms with Crippen molar-refractivity contribution in [3.63, 3.8) is 0 Å². The normalized spacial score (nSPS) is 9.95. The van der Waals surface area contributed by atoms with E-state index in [1.54, 1.807) is 6.07 Å². The third-order valence-electron chi connectivity index (χ3n) is 2.45. The largest absolute Gasteiger partial charge is 0.505 e. The zero-order chi connectivity index (χ0) is 14.0. The molecule has 4 nitrogen and oxygen atoms in total. The molecule has 0 saturated carbocycles. The molecule has 0 saturated heterocycles. The third-order valence-corrected chi connectivity index (χ3v) is 3.57. The van der Waals surface area contributed by atoms with Gasteiger partial charge < -0.3 is 9.84 Å². The number of rotatable bonds is 3. The Balaban J connectivity index is 2.54. The van der Waals surface area contributed by atoms with E-state index in [9.17, 15) is 9.18 Å². The molecule has 0 amide bonds. The molecule has 19 heavy (non-hydrogen) atoms. The molecule has 0 radical (unpaired) electrons. The molecule has 6 heteroatoms. The first-order valence-corrected chi connectivity index (χ1v) is 5.97. The maximum atomic E-state index is 13.8. The van der Waals surface area contributed by atoms with Gasteiger partial charge >= 0.3 is 5.97 Å². The van der Waals surface area contributed by atoms with Crippen molar-refractivity contribution in [2.24, 2.45) is 0 Å². The number of thiophene rings is 1. The molecule has 1 heterocycles. The molecule has 0 atom stereocenters. The Morgan fingerprint density at radius 2 is 2.21 bits per heavy atom. The number of benzene rings is 1. The summed E-state index contributed by atoms with van der Waals surface area (Å²) in [6, 6.07) is 5.74. The highest BCUT2D eigenvalue weighted by molar-refractivity contribution is 7.17. The zero-order valence-electron chi connectivity index (χ0n) is 9.81. The number of methoxy groups -OCH3 is 1. The fourth-order valence-corrected chi connectivity index (χ4v) is 2.45. The van der Waals surface area contributed by atoms with E-state index in [1.165, 1.54) is 25.3 Å². The van der Waals surface area contributed by atoms with Gasteiger partial charge in [0.2, 0.25) is 5.69 Å². The summed E-state index contributed by atoms with van der Waals surface area (Å²) in [5.41, 5.74) is 0.518. The number of carboxylic acids is 1. The third kappa shape index (κ3) is 2.41. The molecule has 1 aromatic heterocycles. The van der Waals surface area contributed by atoms with Crippen molar-refractivity contribution in [2.45, 2.75) is 0 Å². The second-order valence-corrected chi connectivity index (χ2v) is 4.68. The minimum absolute atomic E-state index is 0.0581. The smallest absolute Gasteiger partial charge is 0.345 e. The number of carbonyl (C=O) groups is 1. The van der Waals surface area contributed by atoms with Crippen molar-refractivity contribution in [2.75, 3.05) is 7.11 Å². The zero-order valence-corrected chi connectivity index (χ0v) is 10.6. The number of nitrogens with zero attached hydrogens (tertiary/aromatic N) is 1. The van der Waals surface area contributed by atoms with Gasteiger partial charge in [0.25, 0.3) is 0 Å². The van der Waals surface area contributed by atoms with Crippen LogP contribution in [0.2, 0.25) is 0 Å². The lowest BCUT2D eigenvalue weighted by molar-refractivity contribution is 0.0702. The van der Waals surface area contributed by atoms with Crippen LogP contribution in [0.1, 0.15) is 9.67 Å². The summed E-state index contributed by atoms with van der Waals surface area (Å²) < 4.78 is 18.6. The molecule has 96 valence electrons. The van der Waals surface area contributed by atoms with Crippen LogP contribution in [0.15, 0.2) is 24.3 Å². The molecular formula is C13H8FNO3S. The monoisotopic (exact) mass is 277 g/mol. The molecule has 0 unspecified atom stereocenters. The second kappa shape index (κ2) is 5.08. The summed E-state index contributed by atoms with van der Waals surface area (Å²) >= 11 is 1.03. The van der Waals surface area contributed by atoms with Gasteiger partial charge in [-0.1, -0.05) is 0 Å². The van der Waals surface area contributed by atoms with Gasteiger partial charge in [-0.15, -0.1) is 11.3 Å². The summed E-state index contributed by atoms with van der Waals surface area (Å²) in [5.74, 6) is -1.78. The number of halogens is 1. The minimum Gasteiger partial charge on any atom is -0.505 e. The Hall–Kier alpha value is -2.39. The first-order chi connectivity index (χ1) is 9.06. The van der Waals surface area contributed by atoms with Gasteiger partial charge in [0.05, 0.1) is 13.7 Å². The molecule has 1 N–H and O–H groups in total. The first kappa shape index (κ1) is 13.1. The van der Waals surface area contributed by atoms with Crippen LogP contribution in [0, 0.1) is 12.4 Å². The van der Waals surface area contributed by atoms with E-state index in [-0.39, 0.29) is 16.3 Å². The van der Waals surface area contributed by atoms with E-state index >= 15 is 0 Å². The van der Waals surface area contributed by atoms with Gasteiger partial charge in [0.15, 0.2) is 11.6 Å². The first-order valence-electron chi connectivity index (χ1n) is 5.15. The van der Waals surface area contributed by atoms with Gasteiger partial charge in [-0.3, -0.25) is 0 Å². The Morgan fingerprint density at radius 1 is 1.47 bits per heavy atom. The Labute approximate surface area is 112 Å². The van der Waals surface area contributed by atoms with E-state index < -0.39 is 11.8 Å². The Bertz CT molecular complexity index is 688. The van der Waals surface area contributed by atoms with Gasteiger partial charge in [0.1, 0.15) is 4.88 Å². The van der Waals surface area contributed by atoms with Crippen LogP contribution in [-0.2, 0) is 0 Å². The van der Waals surface area contributed by atoms with Crippen molar-refractivity contribution in [1.29, 1.82) is 0 Å². The highest BCUT2D eigenvalue weighted by Gasteiger charge is 2.15. The van der Waals surface area contributed by atoms with Crippen LogP contribution in [0.3, 0.4) is 0 Å². The lowest BCUT2D eigenvalue weighted by Gasteiger charge is -2.06. The lowest BCUT2D eigenvalue weighted by atomic mass is 10.1. The summed E-state index contributed by atoms with van der Waals surface area (Å²) in [6.07, 6.45) is 0. The maximum absolute atomic E-state index is 13.8. The van der Waals surface area contributed by atoms with Gasteiger partial charge in [0, 0.05) is 4.88 Å². The van der Waals surface area contributed by atoms with E-state index in [0.717, 1.165) is 11.3 Å². The number of ether oxygens (including phenoxy) is 1. The van der Waals surface area contributed by atoms with Crippen molar-refractivity contribution in [3.8, 4) is 16.2 Å². The predicted octanol–water partition coefficient (Wildman–Crippen LogP) is 3.81. The van der Waals surface area contributed by atoms with Gasteiger partial charge in [-0.2, -0.15) is 0 Å². The average Bonchev–Trinajstić information content (AvgIpc) is 2.87. The van der Waals surface area contributed by atoms with Crippen LogP contribution in [0.5, 0.6) is 5.75 Å². The maximum Gasteiger partial charge on any atom is 0.345 e. The van der Waals surface area contributed by atoms with Crippen molar-refractivity contribution in [3.05, 3.63) is 46.4 Å². The fraction of sp³-hybridized carbons (Fsp3) is 0.0769. The molecule has 0 aliphatic carbocycles. The van der Waals surface area contributed by atoms with Crippen molar-refractivity contribution >= 4 is 23.0 Å². The summed E-state index contributed by atoms with van der Waals surface area (Å²) in [6.45, 7) is 7.00. The van der Waals surface area contributed by atoms with Crippen LogP contribution in [0.4, 0.5) is 10.1 Å². The fourth-order valence-electron chi connectivity index (χ4n) is 1.61. The molecule has 2 rings (SSSR count). The van der Waals surface area contributed by atoms with Crippen LogP contribution >= 0.6 is 11.3 Å². The second-order valence-electron chi connectivity index (χ2n) is 3.59. The molecule has 0 fully saturated rings. The molecule has 0 aliphatic heterocycles. The van der Waals surface area contributed by atoms with E-state index in [1.807, 2.05) is 0 Å². The van der Waals surface area contributed by atoms with Crippen molar-refractivity contribution < 1.29 is 19.0 Å². The number of hydrogen-bond donors (Lipinski definition) is 1. The number of aromatic carboxylic acids is 1. The van der Waals surface area contributed by atoms with Gasteiger partial charge in [-0.25, -0.2) is 14.0 Å². The highest BCUT2D eigenvalue weighted by Crippen LogP contribution is 2.37.